The van der Waals surface area contributed by atoms with E-state index < -0.39 is 0 Å². The maximum Gasteiger partial charge on any atom is 0.234 e. The smallest absolute Gasteiger partial charge is 0.234 e. The van der Waals surface area contributed by atoms with Gasteiger partial charge in [0.25, 0.3) is 0 Å². The molecule has 3 atom stereocenters. The topological polar surface area (TPSA) is 55.1 Å². The van der Waals surface area contributed by atoms with Crippen LogP contribution in [0.1, 0.15) is 26.7 Å². The van der Waals surface area contributed by atoms with Gasteiger partial charge in [0.15, 0.2) is 0 Å². The third kappa shape index (κ3) is 2.58. The first-order valence-corrected chi connectivity index (χ1v) is 5.18. The fourth-order valence-electron chi connectivity index (χ4n) is 2.46. The van der Waals surface area contributed by atoms with Crippen molar-refractivity contribution < 1.29 is 4.79 Å². The number of carbonyl (C=O) groups excluding carboxylic acids is 1. The average molecular weight is 196 g/mol. The molecule has 80 valence electrons. The monoisotopic (exact) mass is 196 g/mol. The summed E-state index contributed by atoms with van der Waals surface area (Å²) in [6, 6.07) is -0.180. The zero-order valence-corrected chi connectivity index (χ0v) is 9.21. The second-order valence-corrected chi connectivity index (χ2v) is 4.36. The Balaban J connectivity index is 2.69. The first kappa shape index (κ1) is 11.2. The highest BCUT2D eigenvalue weighted by Crippen LogP contribution is 2.29. The molecule has 0 spiro atoms. The molecule has 0 aromatic carbocycles. The minimum atomic E-state index is -0.237. The highest BCUT2D eigenvalue weighted by atomic mass is 16.1. The van der Waals surface area contributed by atoms with E-state index >= 15 is 0 Å². The second kappa shape index (κ2) is 4.60. The molecule has 14 heavy (non-hydrogen) atoms. The maximum absolute atomic E-state index is 11.2. The van der Waals surface area contributed by atoms with E-state index in [9.17, 15) is 4.79 Å². The van der Waals surface area contributed by atoms with E-state index in [1.54, 1.807) is 7.05 Å². The third-order valence-electron chi connectivity index (χ3n) is 2.92. The van der Waals surface area contributed by atoms with Gasteiger partial charge in [-0.15, -0.1) is 0 Å². The van der Waals surface area contributed by atoms with E-state index in [2.05, 4.69) is 25.2 Å². The van der Waals surface area contributed by atoms with Crippen LogP contribution in [0.15, 0.2) is 11.6 Å². The molecule has 0 bridgehead atoms. The molecule has 3 heteroatoms. The van der Waals surface area contributed by atoms with E-state index in [1.807, 2.05) is 0 Å². The third-order valence-corrected chi connectivity index (χ3v) is 2.92. The lowest BCUT2D eigenvalue weighted by atomic mass is 9.79. The van der Waals surface area contributed by atoms with Gasteiger partial charge in [0.05, 0.1) is 6.04 Å². The van der Waals surface area contributed by atoms with Gasteiger partial charge in [0.1, 0.15) is 0 Å². The molecule has 3 N–H and O–H groups in total. The van der Waals surface area contributed by atoms with Gasteiger partial charge in [-0.25, -0.2) is 0 Å². The Morgan fingerprint density at radius 2 is 2.36 bits per heavy atom. The molecule has 3 unspecified atom stereocenters. The number of allylic oxidation sites excluding steroid dienone is 2. The number of likely N-dealkylation sites (N-methyl/N-ethyl adjacent to an activating group) is 1. The fourth-order valence-corrected chi connectivity index (χ4v) is 2.46. The molecule has 0 saturated carbocycles. The Hall–Kier alpha value is -0.830. The summed E-state index contributed by atoms with van der Waals surface area (Å²) in [5.41, 5.74) is 6.72. The van der Waals surface area contributed by atoms with Crippen LogP contribution in [0.5, 0.6) is 0 Å². The number of amides is 1. The maximum atomic E-state index is 11.2. The normalized spacial score (nSPS) is 29.5. The number of primary amides is 1. The van der Waals surface area contributed by atoms with Crippen LogP contribution in [0.4, 0.5) is 0 Å². The Morgan fingerprint density at radius 3 is 2.79 bits per heavy atom. The highest BCUT2D eigenvalue weighted by Gasteiger charge is 2.28. The van der Waals surface area contributed by atoms with Crippen LogP contribution in [0, 0.1) is 11.8 Å². The van der Waals surface area contributed by atoms with E-state index in [-0.39, 0.29) is 11.9 Å². The first-order valence-electron chi connectivity index (χ1n) is 5.18. The molecule has 0 radical (unpaired) electrons. The van der Waals surface area contributed by atoms with Crippen molar-refractivity contribution >= 4 is 5.91 Å². The predicted octanol–water partition coefficient (Wildman–Crippen LogP) is 1.05. The molecular weight excluding hydrogens is 176 g/mol. The molecule has 1 aliphatic rings. The minimum Gasteiger partial charge on any atom is -0.368 e. The number of rotatable bonds is 3. The molecule has 0 aromatic rings. The number of nitrogens with two attached hydrogens (primary N) is 1. The van der Waals surface area contributed by atoms with E-state index in [1.165, 1.54) is 5.57 Å². The minimum absolute atomic E-state index is 0.180. The van der Waals surface area contributed by atoms with Crippen molar-refractivity contribution in [2.24, 2.45) is 17.6 Å². The van der Waals surface area contributed by atoms with Crippen molar-refractivity contribution in [2.45, 2.75) is 32.7 Å². The summed E-state index contributed by atoms with van der Waals surface area (Å²) in [7, 11) is 1.80. The van der Waals surface area contributed by atoms with Gasteiger partial charge in [-0.2, -0.15) is 0 Å². The SMILES string of the molecule is CNC(C(N)=O)C1CC(C)=CC(C)C1. The molecular formula is C11H20N2O. The average Bonchev–Trinajstić information content (AvgIpc) is 2.02. The molecule has 0 aliphatic heterocycles. The lowest BCUT2D eigenvalue weighted by molar-refractivity contribution is -0.121. The zero-order valence-electron chi connectivity index (χ0n) is 9.21. The summed E-state index contributed by atoms with van der Waals surface area (Å²) in [6.07, 6.45) is 4.31. The van der Waals surface area contributed by atoms with Crippen LogP contribution in [-0.2, 0) is 4.79 Å². The summed E-state index contributed by atoms with van der Waals surface area (Å²) in [5, 5.41) is 3.01. The quantitative estimate of drug-likeness (QED) is 0.663. The van der Waals surface area contributed by atoms with Gasteiger partial charge in [-0.1, -0.05) is 18.6 Å². The largest absolute Gasteiger partial charge is 0.368 e. The van der Waals surface area contributed by atoms with Gasteiger partial charge in [0.2, 0.25) is 5.91 Å². The van der Waals surface area contributed by atoms with Crippen LogP contribution >= 0.6 is 0 Å². The standard InChI is InChI=1S/C11H20N2O/c1-7-4-8(2)6-9(5-7)10(13-3)11(12)14/h4,7,9-10,13H,5-6H2,1-3H3,(H2,12,14). The Morgan fingerprint density at radius 1 is 1.71 bits per heavy atom. The van der Waals surface area contributed by atoms with Gasteiger partial charge in [-0.3, -0.25) is 4.79 Å². The number of hydrogen-bond acceptors (Lipinski definition) is 2. The van der Waals surface area contributed by atoms with E-state index in [0.717, 1.165) is 12.8 Å². The Labute approximate surface area is 85.7 Å². The summed E-state index contributed by atoms with van der Waals surface area (Å²) in [5.74, 6) is 0.681. The van der Waals surface area contributed by atoms with Gasteiger partial charge in [-0.05, 0) is 38.6 Å². The van der Waals surface area contributed by atoms with Crippen LogP contribution in [0.2, 0.25) is 0 Å². The van der Waals surface area contributed by atoms with Crippen molar-refractivity contribution in [1.82, 2.24) is 5.32 Å². The Bertz CT molecular complexity index is 248. The molecule has 0 fully saturated rings. The van der Waals surface area contributed by atoms with Gasteiger partial charge in [0, 0.05) is 0 Å². The summed E-state index contributed by atoms with van der Waals surface area (Å²) in [4.78, 5) is 11.2. The van der Waals surface area contributed by atoms with Crippen LogP contribution in [-0.4, -0.2) is 19.0 Å². The molecule has 1 aliphatic carbocycles. The Kier molecular flexibility index (Phi) is 3.69. The highest BCUT2D eigenvalue weighted by molar-refractivity contribution is 5.80. The van der Waals surface area contributed by atoms with Crippen molar-refractivity contribution in [3.8, 4) is 0 Å². The van der Waals surface area contributed by atoms with Crippen molar-refractivity contribution in [2.75, 3.05) is 7.05 Å². The summed E-state index contributed by atoms with van der Waals surface area (Å²) in [6.45, 7) is 4.31. The molecule has 1 rings (SSSR count). The summed E-state index contributed by atoms with van der Waals surface area (Å²) < 4.78 is 0. The van der Waals surface area contributed by atoms with Crippen LogP contribution in [0.3, 0.4) is 0 Å². The van der Waals surface area contributed by atoms with Gasteiger partial charge >= 0.3 is 0 Å². The fraction of sp³-hybridized carbons (Fsp3) is 0.727. The number of carbonyl (C=O) groups is 1. The van der Waals surface area contributed by atoms with E-state index in [4.69, 9.17) is 5.73 Å². The van der Waals surface area contributed by atoms with Crippen molar-refractivity contribution in [3.05, 3.63) is 11.6 Å². The molecule has 1 amide bonds. The molecule has 0 aromatic heterocycles. The lowest BCUT2D eigenvalue weighted by Gasteiger charge is -2.30. The zero-order chi connectivity index (χ0) is 10.7. The lowest BCUT2D eigenvalue weighted by Crippen LogP contribution is -2.46. The van der Waals surface area contributed by atoms with Crippen molar-refractivity contribution in [3.63, 3.8) is 0 Å². The predicted molar refractivity (Wildman–Crippen MR) is 57.7 cm³/mol. The van der Waals surface area contributed by atoms with Crippen molar-refractivity contribution in [1.29, 1.82) is 0 Å². The first-order chi connectivity index (χ1) is 6.54. The molecule has 3 nitrogen and oxygen atoms in total. The second-order valence-electron chi connectivity index (χ2n) is 4.36. The van der Waals surface area contributed by atoms with Gasteiger partial charge < -0.3 is 11.1 Å². The number of nitrogens with one attached hydrogen (secondary N) is 1. The summed E-state index contributed by atoms with van der Waals surface area (Å²) >= 11 is 0. The molecule has 0 heterocycles. The number of hydrogen-bond donors (Lipinski definition) is 2. The molecule has 0 saturated heterocycles. The van der Waals surface area contributed by atoms with E-state index in [0.29, 0.717) is 11.8 Å². The van der Waals surface area contributed by atoms with Crippen LogP contribution in [0.25, 0.3) is 0 Å². The van der Waals surface area contributed by atoms with Crippen LogP contribution < -0.4 is 11.1 Å².